The molecule has 4 rings (SSSR count). The van der Waals surface area contributed by atoms with Gasteiger partial charge in [0.15, 0.2) is 0 Å². The van der Waals surface area contributed by atoms with Crippen molar-refractivity contribution in [3.63, 3.8) is 0 Å². The van der Waals surface area contributed by atoms with Gasteiger partial charge in [-0.25, -0.2) is 0 Å². The summed E-state index contributed by atoms with van der Waals surface area (Å²) in [6.45, 7) is 0. The van der Waals surface area contributed by atoms with Crippen LogP contribution in [0.3, 0.4) is 0 Å². The highest BCUT2D eigenvalue weighted by Gasteiger charge is 2.66. The van der Waals surface area contributed by atoms with E-state index in [9.17, 15) is 5.11 Å². The molecule has 1 aromatic carbocycles. The second kappa shape index (κ2) is 4.38. The van der Waals surface area contributed by atoms with Gasteiger partial charge in [-0.15, -0.1) is 0 Å². The summed E-state index contributed by atoms with van der Waals surface area (Å²) in [5, 5.41) is 11.9. The van der Waals surface area contributed by atoms with E-state index in [1.54, 1.807) is 6.07 Å². The van der Waals surface area contributed by atoms with Crippen molar-refractivity contribution in [1.29, 1.82) is 0 Å². The molecule has 0 spiro atoms. The molecule has 0 amide bonds. The van der Waals surface area contributed by atoms with Crippen LogP contribution in [-0.2, 0) is 6.42 Å². The molecule has 3 saturated carbocycles. The van der Waals surface area contributed by atoms with Crippen molar-refractivity contribution in [1.82, 2.24) is 0 Å². The molecule has 1 nitrogen and oxygen atoms in total. The highest BCUT2D eigenvalue weighted by Crippen LogP contribution is 2.70. The van der Waals surface area contributed by atoms with Crippen LogP contribution in [0.4, 0.5) is 0 Å². The fourth-order valence-corrected chi connectivity index (χ4v) is 5.36. The molecule has 0 aliphatic heterocycles. The monoisotopic (exact) mass is 296 g/mol. The topological polar surface area (TPSA) is 20.2 Å². The Hall–Kier alpha value is -0.240. The van der Waals surface area contributed by atoms with Crippen molar-refractivity contribution in [2.75, 3.05) is 0 Å². The Balaban J connectivity index is 1.48. The van der Waals surface area contributed by atoms with Crippen molar-refractivity contribution < 1.29 is 5.11 Å². The lowest BCUT2D eigenvalue weighted by Gasteiger charge is -2.16. The van der Waals surface area contributed by atoms with Crippen molar-refractivity contribution in [3.8, 4) is 0 Å². The van der Waals surface area contributed by atoms with Crippen LogP contribution in [0.15, 0.2) is 18.2 Å². The molecule has 102 valence electrons. The molecule has 2 bridgehead atoms. The van der Waals surface area contributed by atoms with Crippen LogP contribution in [0, 0.1) is 29.6 Å². The van der Waals surface area contributed by atoms with E-state index >= 15 is 0 Å². The summed E-state index contributed by atoms with van der Waals surface area (Å²) >= 11 is 12.2. The summed E-state index contributed by atoms with van der Waals surface area (Å²) in [7, 11) is 0. The number of hydrogen-bond acceptors (Lipinski definition) is 1. The maximum Gasteiger partial charge on any atom is 0.0614 e. The van der Waals surface area contributed by atoms with Gasteiger partial charge < -0.3 is 5.11 Å². The minimum Gasteiger partial charge on any atom is -0.392 e. The lowest BCUT2D eigenvalue weighted by Crippen LogP contribution is -2.18. The first-order valence-corrected chi connectivity index (χ1v) is 8.02. The van der Waals surface area contributed by atoms with Gasteiger partial charge in [-0.05, 0) is 72.6 Å². The molecule has 3 fully saturated rings. The predicted molar refractivity (Wildman–Crippen MR) is 77.5 cm³/mol. The van der Waals surface area contributed by atoms with Gasteiger partial charge in [0.05, 0.1) is 6.10 Å². The molecular weight excluding hydrogens is 279 g/mol. The van der Waals surface area contributed by atoms with Gasteiger partial charge in [0.2, 0.25) is 0 Å². The maximum absolute atomic E-state index is 10.5. The first kappa shape index (κ1) is 12.5. The van der Waals surface area contributed by atoms with Crippen LogP contribution >= 0.6 is 23.2 Å². The molecule has 1 aromatic rings. The number of benzene rings is 1. The van der Waals surface area contributed by atoms with Crippen LogP contribution in [0.2, 0.25) is 10.0 Å². The van der Waals surface area contributed by atoms with Crippen LogP contribution in [0.1, 0.15) is 24.8 Å². The van der Waals surface area contributed by atoms with Crippen molar-refractivity contribution in [3.05, 3.63) is 33.8 Å². The Morgan fingerprint density at radius 2 is 1.84 bits per heavy atom. The zero-order valence-electron chi connectivity index (χ0n) is 10.7. The highest BCUT2D eigenvalue weighted by atomic mass is 35.5. The molecule has 0 saturated heterocycles. The number of hydrogen-bond donors (Lipinski definition) is 1. The van der Waals surface area contributed by atoms with Gasteiger partial charge in [-0.1, -0.05) is 23.2 Å². The zero-order valence-corrected chi connectivity index (χ0v) is 12.2. The van der Waals surface area contributed by atoms with Gasteiger partial charge in [0.1, 0.15) is 0 Å². The summed E-state index contributed by atoms with van der Waals surface area (Å²) in [6.07, 6.45) is 4.63. The zero-order chi connectivity index (χ0) is 13.1. The molecule has 5 unspecified atom stereocenters. The number of aliphatic hydroxyl groups is 1. The molecule has 0 radical (unpaired) electrons. The van der Waals surface area contributed by atoms with Gasteiger partial charge in [0, 0.05) is 16.5 Å². The van der Waals surface area contributed by atoms with E-state index in [1.165, 1.54) is 19.3 Å². The van der Waals surface area contributed by atoms with Gasteiger partial charge >= 0.3 is 0 Å². The molecule has 5 atom stereocenters. The summed E-state index contributed by atoms with van der Waals surface area (Å²) in [5.41, 5.74) is 0.985. The minimum atomic E-state index is -0.241. The molecular formula is C16H18Cl2O. The predicted octanol–water partition coefficient (Wildman–Crippen LogP) is 4.19. The van der Waals surface area contributed by atoms with Gasteiger partial charge in [0.25, 0.3) is 0 Å². The summed E-state index contributed by atoms with van der Waals surface area (Å²) < 4.78 is 0. The Labute approximate surface area is 123 Å². The normalized spacial score (nSPS) is 40.3. The molecule has 0 aromatic heterocycles. The number of halogens is 2. The lowest BCUT2D eigenvalue weighted by molar-refractivity contribution is 0.129. The van der Waals surface area contributed by atoms with Crippen molar-refractivity contribution in [2.45, 2.75) is 31.8 Å². The van der Waals surface area contributed by atoms with Crippen LogP contribution < -0.4 is 0 Å². The fourth-order valence-electron chi connectivity index (χ4n) is 4.97. The third-order valence-corrected chi connectivity index (χ3v) is 6.28. The van der Waals surface area contributed by atoms with Crippen LogP contribution in [0.5, 0.6) is 0 Å². The van der Waals surface area contributed by atoms with Crippen LogP contribution in [0.25, 0.3) is 0 Å². The van der Waals surface area contributed by atoms with E-state index in [0.717, 1.165) is 34.3 Å². The smallest absolute Gasteiger partial charge is 0.0614 e. The van der Waals surface area contributed by atoms with Crippen molar-refractivity contribution >= 4 is 23.2 Å². The van der Waals surface area contributed by atoms with E-state index in [4.69, 9.17) is 23.2 Å². The third-order valence-electron chi connectivity index (χ3n) is 5.68. The average molecular weight is 297 g/mol. The first-order chi connectivity index (χ1) is 9.15. The highest BCUT2D eigenvalue weighted by molar-refractivity contribution is 6.33. The SMILES string of the molecule is OC(Cc1cc(Cl)ccc1Cl)C1C2C3CCC(C3)C12. The lowest BCUT2D eigenvalue weighted by atomic mass is 9.95. The average Bonchev–Trinajstić information content (AvgIpc) is 2.83. The maximum atomic E-state index is 10.5. The Morgan fingerprint density at radius 3 is 2.53 bits per heavy atom. The van der Waals surface area contributed by atoms with Crippen molar-refractivity contribution in [2.24, 2.45) is 29.6 Å². The fraction of sp³-hybridized carbons (Fsp3) is 0.625. The molecule has 0 heterocycles. The molecule has 3 aliphatic rings. The number of rotatable bonds is 3. The van der Waals surface area contributed by atoms with E-state index in [-0.39, 0.29) is 6.10 Å². The second-order valence-electron chi connectivity index (χ2n) is 6.57. The first-order valence-electron chi connectivity index (χ1n) is 7.27. The van der Waals surface area contributed by atoms with E-state index in [1.807, 2.05) is 12.1 Å². The quantitative estimate of drug-likeness (QED) is 0.887. The number of aliphatic hydroxyl groups excluding tert-OH is 1. The number of fused-ring (bicyclic) bond motifs is 5. The molecule has 3 heteroatoms. The summed E-state index contributed by atoms with van der Waals surface area (Å²) in [5.74, 6) is 3.97. The van der Waals surface area contributed by atoms with E-state index in [2.05, 4.69) is 0 Å². The Morgan fingerprint density at radius 1 is 1.16 bits per heavy atom. The standard InChI is InChI=1S/C16H18Cl2O/c17-11-3-4-12(18)10(6-11)7-13(19)16-14-8-1-2-9(5-8)15(14)16/h3-4,6,8-9,13-16,19H,1-2,5,7H2. The minimum absolute atomic E-state index is 0.241. The van der Waals surface area contributed by atoms with Gasteiger partial charge in [-0.3, -0.25) is 0 Å². The summed E-state index contributed by atoms with van der Waals surface area (Å²) in [6, 6.07) is 5.51. The molecule has 3 aliphatic carbocycles. The van der Waals surface area contributed by atoms with Crippen LogP contribution in [-0.4, -0.2) is 11.2 Å². The van der Waals surface area contributed by atoms with E-state index in [0.29, 0.717) is 17.4 Å². The largest absolute Gasteiger partial charge is 0.392 e. The van der Waals surface area contributed by atoms with E-state index < -0.39 is 0 Å². The summed E-state index contributed by atoms with van der Waals surface area (Å²) in [4.78, 5) is 0. The molecule has 19 heavy (non-hydrogen) atoms. The molecule has 1 N–H and O–H groups in total. The van der Waals surface area contributed by atoms with Gasteiger partial charge in [-0.2, -0.15) is 0 Å². The Bertz CT molecular complexity index is 499. The Kier molecular flexibility index (Phi) is 2.88. The third kappa shape index (κ3) is 1.93. The second-order valence-corrected chi connectivity index (χ2v) is 7.42.